The number of hydrogen-bond acceptors (Lipinski definition) is 3. The van der Waals surface area contributed by atoms with Crippen LogP contribution in [0.3, 0.4) is 0 Å². The molecule has 2 aromatic rings. The van der Waals surface area contributed by atoms with Crippen molar-refractivity contribution in [3.63, 3.8) is 0 Å². The van der Waals surface area contributed by atoms with E-state index >= 15 is 0 Å². The Balaban J connectivity index is 1.52. The molecule has 1 heterocycles. The second-order valence-corrected chi connectivity index (χ2v) is 7.25. The Bertz CT molecular complexity index is 712. The fraction of sp³-hybridized carbons (Fsp3) is 0.381. The first-order chi connectivity index (χ1) is 12.5. The van der Waals surface area contributed by atoms with Gasteiger partial charge in [0.15, 0.2) is 0 Å². The van der Waals surface area contributed by atoms with Crippen molar-refractivity contribution in [3.8, 4) is 0 Å². The number of piperazine rings is 1. The maximum absolute atomic E-state index is 12.6. The van der Waals surface area contributed by atoms with E-state index in [2.05, 4.69) is 27.2 Å². The van der Waals surface area contributed by atoms with E-state index in [1.165, 1.54) is 5.69 Å². The number of nitrogens with zero attached hydrogens (tertiary/aromatic N) is 2. The molecule has 1 amide bonds. The van der Waals surface area contributed by atoms with Crippen molar-refractivity contribution in [1.82, 2.24) is 10.2 Å². The van der Waals surface area contributed by atoms with Crippen LogP contribution in [0.2, 0.25) is 5.02 Å². The van der Waals surface area contributed by atoms with Crippen molar-refractivity contribution >= 4 is 23.2 Å². The molecule has 2 atom stereocenters. The van der Waals surface area contributed by atoms with Crippen molar-refractivity contribution < 1.29 is 4.79 Å². The monoisotopic (exact) mass is 371 g/mol. The molecule has 0 spiro atoms. The average molecular weight is 372 g/mol. The highest BCUT2D eigenvalue weighted by Gasteiger charge is 2.26. The smallest absolute Gasteiger partial charge is 0.237 e. The van der Waals surface area contributed by atoms with E-state index in [1.54, 1.807) is 0 Å². The molecule has 0 unspecified atom stereocenters. The van der Waals surface area contributed by atoms with Crippen molar-refractivity contribution in [2.24, 2.45) is 0 Å². The highest BCUT2D eigenvalue weighted by Crippen LogP contribution is 2.20. The Morgan fingerprint density at radius 3 is 2.19 bits per heavy atom. The van der Waals surface area contributed by atoms with E-state index in [9.17, 15) is 4.79 Å². The maximum atomic E-state index is 12.6. The molecule has 0 saturated carbocycles. The van der Waals surface area contributed by atoms with Crippen molar-refractivity contribution in [1.29, 1.82) is 0 Å². The van der Waals surface area contributed by atoms with E-state index in [1.807, 2.05) is 56.3 Å². The van der Waals surface area contributed by atoms with Gasteiger partial charge in [-0.2, -0.15) is 0 Å². The molecule has 26 heavy (non-hydrogen) atoms. The Morgan fingerprint density at radius 1 is 0.962 bits per heavy atom. The van der Waals surface area contributed by atoms with Gasteiger partial charge in [-0.05, 0) is 43.7 Å². The van der Waals surface area contributed by atoms with E-state index in [-0.39, 0.29) is 18.0 Å². The van der Waals surface area contributed by atoms with Gasteiger partial charge in [0, 0.05) is 36.9 Å². The van der Waals surface area contributed by atoms with Crippen molar-refractivity contribution in [3.05, 3.63) is 65.2 Å². The summed E-state index contributed by atoms with van der Waals surface area (Å²) in [7, 11) is 0. The number of anilines is 1. The molecule has 1 aliphatic rings. The number of benzene rings is 2. The van der Waals surface area contributed by atoms with Crippen LogP contribution in [0.25, 0.3) is 0 Å². The van der Waals surface area contributed by atoms with Crippen molar-refractivity contribution in [2.45, 2.75) is 25.9 Å². The molecule has 3 rings (SSSR count). The molecule has 138 valence electrons. The van der Waals surface area contributed by atoms with E-state index < -0.39 is 0 Å². The molecule has 1 fully saturated rings. The fourth-order valence-corrected chi connectivity index (χ4v) is 3.47. The van der Waals surface area contributed by atoms with Crippen LogP contribution in [0.5, 0.6) is 0 Å². The Kier molecular flexibility index (Phi) is 6.17. The first-order valence-corrected chi connectivity index (χ1v) is 9.52. The van der Waals surface area contributed by atoms with Gasteiger partial charge >= 0.3 is 0 Å². The Morgan fingerprint density at radius 2 is 1.58 bits per heavy atom. The van der Waals surface area contributed by atoms with Gasteiger partial charge in [0.1, 0.15) is 0 Å². The zero-order valence-electron chi connectivity index (χ0n) is 15.4. The number of carbonyl (C=O) groups is 1. The Labute approximate surface area is 160 Å². The molecule has 0 radical (unpaired) electrons. The van der Waals surface area contributed by atoms with Gasteiger partial charge in [-0.15, -0.1) is 0 Å². The molecule has 4 nitrogen and oxygen atoms in total. The van der Waals surface area contributed by atoms with Crippen LogP contribution < -0.4 is 10.2 Å². The van der Waals surface area contributed by atoms with Crippen LogP contribution in [0.1, 0.15) is 25.5 Å². The molecule has 0 aliphatic carbocycles. The number of halogens is 1. The van der Waals surface area contributed by atoms with Crippen LogP contribution in [0.15, 0.2) is 54.6 Å². The summed E-state index contributed by atoms with van der Waals surface area (Å²) in [5.74, 6) is 0.0845. The number of amides is 1. The summed E-state index contributed by atoms with van der Waals surface area (Å²) in [6.07, 6.45) is 0. The molecule has 0 aromatic heterocycles. The van der Waals surface area contributed by atoms with Gasteiger partial charge in [0.25, 0.3) is 0 Å². The zero-order chi connectivity index (χ0) is 18.5. The summed E-state index contributed by atoms with van der Waals surface area (Å²) < 4.78 is 0. The first kappa shape index (κ1) is 18.7. The van der Waals surface area contributed by atoms with Crippen LogP contribution in [0.4, 0.5) is 5.69 Å². The molecule has 1 saturated heterocycles. The lowest BCUT2D eigenvalue weighted by Gasteiger charge is -2.38. The number of nitrogens with one attached hydrogen (secondary N) is 1. The summed E-state index contributed by atoms with van der Waals surface area (Å²) in [6, 6.07) is 17.9. The van der Waals surface area contributed by atoms with Gasteiger partial charge < -0.3 is 10.2 Å². The highest BCUT2D eigenvalue weighted by molar-refractivity contribution is 6.30. The lowest BCUT2D eigenvalue weighted by Crippen LogP contribution is -2.54. The summed E-state index contributed by atoms with van der Waals surface area (Å²) in [5.41, 5.74) is 2.31. The molecular formula is C21H26ClN3O. The lowest BCUT2D eigenvalue weighted by atomic mass is 10.1. The zero-order valence-corrected chi connectivity index (χ0v) is 16.1. The molecule has 1 N–H and O–H groups in total. The molecular weight excluding hydrogens is 346 g/mol. The standard InChI is InChI=1S/C21H26ClN3O/c1-16(18-6-4-3-5-7-18)23-21(26)17(2)24-12-14-25(15-13-24)20-10-8-19(22)9-11-20/h3-11,16-17H,12-15H2,1-2H3,(H,23,26)/t16-,17-/m0/s1. The predicted octanol–water partition coefficient (Wildman–Crippen LogP) is 3.73. The quantitative estimate of drug-likeness (QED) is 0.869. The fourth-order valence-electron chi connectivity index (χ4n) is 3.34. The van der Waals surface area contributed by atoms with E-state index in [0.29, 0.717) is 0 Å². The van der Waals surface area contributed by atoms with Crippen LogP contribution in [-0.2, 0) is 4.79 Å². The predicted molar refractivity (Wildman–Crippen MR) is 108 cm³/mol. The molecule has 2 aromatic carbocycles. The third kappa shape index (κ3) is 4.57. The number of carbonyl (C=O) groups excluding carboxylic acids is 1. The molecule has 0 bridgehead atoms. The van der Waals surface area contributed by atoms with Crippen molar-refractivity contribution in [2.75, 3.05) is 31.1 Å². The Hall–Kier alpha value is -2.04. The minimum atomic E-state index is -0.131. The first-order valence-electron chi connectivity index (χ1n) is 9.14. The largest absolute Gasteiger partial charge is 0.369 e. The van der Waals surface area contributed by atoms with E-state index in [4.69, 9.17) is 11.6 Å². The minimum Gasteiger partial charge on any atom is -0.369 e. The summed E-state index contributed by atoms with van der Waals surface area (Å²) >= 11 is 5.96. The minimum absolute atomic E-state index is 0.0153. The van der Waals surface area contributed by atoms with Gasteiger partial charge in [-0.25, -0.2) is 0 Å². The average Bonchev–Trinajstić information content (AvgIpc) is 2.69. The van der Waals surface area contributed by atoms with Crippen LogP contribution in [0, 0.1) is 0 Å². The third-order valence-electron chi connectivity index (χ3n) is 5.09. The number of rotatable bonds is 5. The van der Waals surface area contributed by atoms with Gasteiger partial charge in [0.2, 0.25) is 5.91 Å². The molecule has 1 aliphatic heterocycles. The molecule has 5 heteroatoms. The topological polar surface area (TPSA) is 35.6 Å². The van der Waals surface area contributed by atoms with Crippen LogP contribution >= 0.6 is 11.6 Å². The van der Waals surface area contributed by atoms with Crippen LogP contribution in [-0.4, -0.2) is 43.0 Å². The summed E-state index contributed by atoms with van der Waals surface area (Å²) in [4.78, 5) is 17.2. The highest BCUT2D eigenvalue weighted by atomic mass is 35.5. The van der Waals surface area contributed by atoms with Gasteiger partial charge in [-0.1, -0.05) is 41.9 Å². The lowest BCUT2D eigenvalue weighted by molar-refractivity contribution is -0.126. The summed E-state index contributed by atoms with van der Waals surface area (Å²) in [6.45, 7) is 7.58. The van der Waals surface area contributed by atoms with Gasteiger partial charge in [0.05, 0.1) is 12.1 Å². The normalized spacial score (nSPS) is 17.6. The van der Waals surface area contributed by atoms with E-state index in [0.717, 1.165) is 36.8 Å². The third-order valence-corrected chi connectivity index (χ3v) is 5.34. The maximum Gasteiger partial charge on any atom is 0.237 e. The number of hydrogen-bond donors (Lipinski definition) is 1. The second kappa shape index (κ2) is 8.56. The summed E-state index contributed by atoms with van der Waals surface area (Å²) in [5, 5.41) is 3.89. The second-order valence-electron chi connectivity index (χ2n) is 6.82. The SMILES string of the molecule is C[C@H](NC(=O)[C@H](C)N1CCN(c2ccc(Cl)cc2)CC1)c1ccccc1. The van der Waals surface area contributed by atoms with Gasteiger partial charge in [-0.3, -0.25) is 9.69 Å².